The van der Waals surface area contributed by atoms with Gasteiger partial charge in [0.05, 0.1) is 5.01 Å². The highest BCUT2D eigenvalue weighted by molar-refractivity contribution is 7.09. The Morgan fingerprint density at radius 1 is 1.23 bits per heavy atom. The van der Waals surface area contributed by atoms with E-state index in [9.17, 15) is 4.79 Å². The first-order valence-electron chi connectivity index (χ1n) is 8.56. The van der Waals surface area contributed by atoms with Crippen molar-refractivity contribution in [2.75, 3.05) is 7.05 Å². The van der Waals surface area contributed by atoms with Crippen LogP contribution in [0.15, 0.2) is 40.2 Å². The summed E-state index contributed by atoms with van der Waals surface area (Å²) in [4.78, 5) is 22.9. The van der Waals surface area contributed by atoms with E-state index >= 15 is 0 Å². The van der Waals surface area contributed by atoms with Crippen LogP contribution in [0.4, 0.5) is 0 Å². The second-order valence-corrected chi connectivity index (χ2v) is 7.60. The minimum absolute atomic E-state index is 0.149. The number of hydrogen-bond acceptors (Lipinski definition) is 6. The summed E-state index contributed by atoms with van der Waals surface area (Å²) in [7, 11) is 1.71. The maximum atomic E-state index is 12.6. The van der Waals surface area contributed by atoms with Crippen molar-refractivity contribution in [1.29, 1.82) is 0 Å². The SMILES string of the molecule is CC(C)Cc1noc(CN(C)C(=O)c2csc(Cc3ccccc3)n2)n1. The summed E-state index contributed by atoms with van der Waals surface area (Å²) in [5, 5.41) is 6.68. The molecule has 6 nitrogen and oxygen atoms in total. The first-order valence-corrected chi connectivity index (χ1v) is 9.44. The van der Waals surface area contributed by atoms with Crippen LogP contribution < -0.4 is 0 Å². The Morgan fingerprint density at radius 2 is 2.00 bits per heavy atom. The summed E-state index contributed by atoms with van der Waals surface area (Å²) in [6, 6.07) is 10.1. The lowest BCUT2D eigenvalue weighted by Crippen LogP contribution is -2.26. The maximum Gasteiger partial charge on any atom is 0.273 e. The van der Waals surface area contributed by atoms with E-state index in [-0.39, 0.29) is 12.5 Å². The highest BCUT2D eigenvalue weighted by Gasteiger charge is 2.18. The second-order valence-electron chi connectivity index (χ2n) is 6.65. The van der Waals surface area contributed by atoms with Crippen LogP contribution in [-0.4, -0.2) is 33.0 Å². The fraction of sp³-hybridized carbons (Fsp3) is 0.368. The average Bonchev–Trinajstić information content (AvgIpc) is 3.24. The average molecular weight is 370 g/mol. The van der Waals surface area contributed by atoms with Gasteiger partial charge in [-0.15, -0.1) is 11.3 Å². The predicted octanol–water partition coefficient (Wildman–Crippen LogP) is 3.59. The van der Waals surface area contributed by atoms with E-state index in [1.165, 1.54) is 16.9 Å². The molecule has 0 unspecified atom stereocenters. The van der Waals surface area contributed by atoms with Gasteiger partial charge in [-0.05, 0) is 11.5 Å². The molecule has 0 spiro atoms. The molecule has 2 aromatic heterocycles. The Labute approximate surface area is 156 Å². The van der Waals surface area contributed by atoms with Crippen LogP contribution in [0, 0.1) is 5.92 Å². The van der Waals surface area contributed by atoms with Crippen molar-refractivity contribution in [2.45, 2.75) is 33.2 Å². The zero-order valence-electron chi connectivity index (χ0n) is 15.2. The lowest BCUT2D eigenvalue weighted by Gasteiger charge is -2.12. The number of amides is 1. The molecule has 3 aromatic rings. The van der Waals surface area contributed by atoms with Crippen LogP contribution in [0.5, 0.6) is 0 Å². The number of carbonyl (C=O) groups is 1. The normalized spacial score (nSPS) is 11.1. The summed E-state index contributed by atoms with van der Waals surface area (Å²) >= 11 is 1.50. The van der Waals surface area contributed by atoms with Gasteiger partial charge in [0.1, 0.15) is 12.2 Å². The Kier molecular flexibility index (Phi) is 5.78. The summed E-state index contributed by atoms with van der Waals surface area (Å²) in [6.45, 7) is 4.47. The van der Waals surface area contributed by atoms with Crippen LogP contribution in [0.2, 0.25) is 0 Å². The number of nitrogens with zero attached hydrogens (tertiary/aromatic N) is 4. The summed E-state index contributed by atoms with van der Waals surface area (Å²) in [6.07, 6.45) is 1.49. The third kappa shape index (κ3) is 4.76. The fourth-order valence-corrected chi connectivity index (χ4v) is 3.34. The van der Waals surface area contributed by atoms with Crippen LogP contribution in [-0.2, 0) is 19.4 Å². The van der Waals surface area contributed by atoms with Crippen molar-refractivity contribution in [2.24, 2.45) is 5.92 Å². The molecule has 1 aromatic carbocycles. The molecule has 3 rings (SSSR count). The molecular formula is C19H22N4O2S. The van der Waals surface area contributed by atoms with Crippen molar-refractivity contribution in [1.82, 2.24) is 20.0 Å². The molecule has 0 aliphatic carbocycles. The minimum Gasteiger partial charge on any atom is -0.337 e. The number of hydrogen-bond donors (Lipinski definition) is 0. The molecule has 0 aliphatic rings. The van der Waals surface area contributed by atoms with Crippen LogP contribution in [0.25, 0.3) is 0 Å². The zero-order chi connectivity index (χ0) is 18.5. The van der Waals surface area contributed by atoms with Gasteiger partial charge in [-0.3, -0.25) is 4.79 Å². The largest absolute Gasteiger partial charge is 0.337 e. The Bertz CT molecular complexity index is 857. The molecule has 0 atom stereocenters. The number of thiazole rings is 1. The summed E-state index contributed by atoms with van der Waals surface area (Å²) in [5.41, 5.74) is 1.63. The Hall–Kier alpha value is -2.54. The lowest BCUT2D eigenvalue weighted by molar-refractivity contribution is 0.0764. The molecule has 0 fully saturated rings. The molecule has 0 aliphatic heterocycles. The van der Waals surface area contributed by atoms with Gasteiger partial charge in [-0.1, -0.05) is 49.3 Å². The van der Waals surface area contributed by atoms with Gasteiger partial charge in [0, 0.05) is 25.3 Å². The van der Waals surface area contributed by atoms with Gasteiger partial charge in [0.2, 0.25) is 5.89 Å². The molecule has 2 heterocycles. The van der Waals surface area contributed by atoms with Crippen LogP contribution >= 0.6 is 11.3 Å². The van der Waals surface area contributed by atoms with Crippen molar-refractivity contribution in [3.05, 3.63) is 63.7 Å². The zero-order valence-corrected chi connectivity index (χ0v) is 16.0. The second kappa shape index (κ2) is 8.23. The van der Waals surface area contributed by atoms with Crippen LogP contribution in [0.1, 0.15) is 46.6 Å². The van der Waals surface area contributed by atoms with Crippen molar-refractivity contribution >= 4 is 17.2 Å². The van der Waals surface area contributed by atoms with E-state index in [2.05, 4.69) is 41.1 Å². The van der Waals surface area contributed by atoms with Crippen molar-refractivity contribution < 1.29 is 9.32 Å². The minimum atomic E-state index is -0.149. The fourth-order valence-electron chi connectivity index (χ4n) is 2.53. The molecule has 0 radical (unpaired) electrons. The third-order valence-electron chi connectivity index (χ3n) is 3.79. The standard InChI is InChI=1S/C19H22N4O2S/c1-13(2)9-16-21-17(25-22-16)11-23(3)19(24)15-12-26-18(20-15)10-14-7-5-4-6-8-14/h4-8,12-13H,9-11H2,1-3H3. The molecule has 26 heavy (non-hydrogen) atoms. The Balaban J connectivity index is 1.61. The van der Waals surface area contributed by atoms with Gasteiger partial charge < -0.3 is 9.42 Å². The highest BCUT2D eigenvalue weighted by Crippen LogP contribution is 2.16. The molecule has 0 saturated heterocycles. The monoisotopic (exact) mass is 370 g/mol. The number of carbonyl (C=O) groups excluding carboxylic acids is 1. The molecule has 7 heteroatoms. The van der Waals surface area contributed by atoms with Crippen molar-refractivity contribution in [3.8, 4) is 0 Å². The van der Waals surface area contributed by atoms with Crippen LogP contribution in [0.3, 0.4) is 0 Å². The van der Waals surface area contributed by atoms with E-state index in [0.29, 0.717) is 23.3 Å². The Morgan fingerprint density at radius 3 is 2.73 bits per heavy atom. The summed E-state index contributed by atoms with van der Waals surface area (Å²) in [5.74, 6) is 1.42. The molecule has 1 amide bonds. The molecule has 0 bridgehead atoms. The van der Waals surface area contributed by atoms with E-state index < -0.39 is 0 Å². The summed E-state index contributed by atoms with van der Waals surface area (Å²) < 4.78 is 5.23. The molecule has 0 N–H and O–H groups in total. The molecular weight excluding hydrogens is 348 g/mol. The molecule has 0 saturated carbocycles. The van der Waals surface area contributed by atoms with Gasteiger partial charge >= 0.3 is 0 Å². The van der Waals surface area contributed by atoms with Crippen molar-refractivity contribution in [3.63, 3.8) is 0 Å². The van der Waals surface area contributed by atoms with E-state index in [1.54, 1.807) is 17.3 Å². The van der Waals surface area contributed by atoms with Gasteiger partial charge in [0.15, 0.2) is 5.82 Å². The smallest absolute Gasteiger partial charge is 0.273 e. The maximum absolute atomic E-state index is 12.6. The predicted molar refractivity (Wildman–Crippen MR) is 100.0 cm³/mol. The van der Waals surface area contributed by atoms with Gasteiger partial charge in [-0.25, -0.2) is 4.98 Å². The number of aromatic nitrogens is 3. The van der Waals surface area contributed by atoms with E-state index in [1.807, 2.05) is 18.2 Å². The third-order valence-corrected chi connectivity index (χ3v) is 4.64. The highest BCUT2D eigenvalue weighted by atomic mass is 32.1. The topological polar surface area (TPSA) is 72.1 Å². The number of rotatable bonds is 7. The first kappa shape index (κ1) is 18.3. The quantitative estimate of drug-likeness (QED) is 0.635. The molecule has 136 valence electrons. The van der Waals surface area contributed by atoms with E-state index in [0.717, 1.165) is 17.8 Å². The van der Waals surface area contributed by atoms with Gasteiger partial charge in [-0.2, -0.15) is 4.98 Å². The van der Waals surface area contributed by atoms with Gasteiger partial charge in [0.25, 0.3) is 5.91 Å². The first-order chi connectivity index (χ1) is 12.5. The van der Waals surface area contributed by atoms with E-state index in [4.69, 9.17) is 4.52 Å². The number of benzene rings is 1. The lowest BCUT2D eigenvalue weighted by atomic mass is 10.1.